The Balaban J connectivity index is 2.35. The highest BCUT2D eigenvalue weighted by Crippen LogP contribution is 2.21. The molecule has 0 radical (unpaired) electrons. The van der Waals surface area contributed by atoms with Crippen LogP contribution in [0, 0.1) is 0 Å². The SMILES string of the molecule is [NH3+][C@@H](CSCC(=O)Nc1ccccc1Br)C(=O)[O-]. The lowest BCUT2D eigenvalue weighted by atomic mass is 10.3. The fourth-order valence-electron chi connectivity index (χ4n) is 1.11. The lowest BCUT2D eigenvalue weighted by Crippen LogP contribution is -2.69. The van der Waals surface area contributed by atoms with Gasteiger partial charge < -0.3 is 21.0 Å². The van der Waals surface area contributed by atoms with Gasteiger partial charge in [0.15, 0.2) is 0 Å². The normalized spacial score (nSPS) is 11.9. The Morgan fingerprint density at radius 1 is 1.44 bits per heavy atom. The van der Waals surface area contributed by atoms with Crippen molar-refractivity contribution in [2.75, 3.05) is 16.8 Å². The molecule has 1 aromatic carbocycles. The molecule has 18 heavy (non-hydrogen) atoms. The topological polar surface area (TPSA) is 96.9 Å². The number of carbonyl (C=O) groups excluding carboxylic acids is 2. The number of hydrogen-bond donors (Lipinski definition) is 2. The summed E-state index contributed by atoms with van der Waals surface area (Å²) in [6, 6.07) is 6.46. The van der Waals surface area contributed by atoms with E-state index in [2.05, 4.69) is 27.0 Å². The Morgan fingerprint density at radius 2 is 2.11 bits per heavy atom. The molecule has 1 rings (SSSR count). The number of aliphatic carboxylic acids is 1. The molecule has 0 unspecified atom stereocenters. The average molecular weight is 333 g/mol. The molecule has 0 aromatic heterocycles. The first kappa shape index (κ1) is 15.0. The van der Waals surface area contributed by atoms with Gasteiger partial charge in [-0.05, 0) is 28.1 Å². The van der Waals surface area contributed by atoms with Crippen molar-refractivity contribution in [1.29, 1.82) is 0 Å². The molecular weight excluding hydrogens is 320 g/mol. The summed E-state index contributed by atoms with van der Waals surface area (Å²) in [6.45, 7) is 0. The summed E-state index contributed by atoms with van der Waals surface area (Å²) < 4.78 is 0.799. The monoisotopic (exact) mass is 332 g/mol. The number of para-hydroxylation sites is 1. The van der Waals surface area contributed by atoms with Crippen LogP contribution in [0.15, 0.2) is 28.7 Å². The van der Waals surface area contributed by atoms with Gasteiger partial charge >= 0.3 is 0 Å². The van der Waals surface area contributed by atoms with Crippen molar-refractivity contribution in [3.05, 3.63) is 28.7 Å². The van der Waals surface area contributed by atoms with Crippen LogP contribution in [0.2, 0.25) is 0 Å². The Hall–Kier alpha value is -1.05. The van der Waals surface area contributed by atoms with E-state index in [4.69, 9.17) is 0 Å². The van der Waals surface area contributed by atoms with Crippen LogP contribution in [0.25, 0.3) is 0 Å². The third-order valence-electron chi connectivity index (χ3n) is 2.03. The summed E-state index contributed by atoms with van der Waals surface area (Å²) in [4.78, 5) is 22.0. The van der Waals surface area contributed by atoms with Crippen LogP contribution >= 0.6 is 27.7 Å². The van der Waals surface area contributed by atoms with E-state index in [1.165, 1.54) is 11.8 Å². The number of rotatable bonds is 6. The Kier molecular flexibility index (Phi) is 6.17. The molecule has 0 aliphatic heterocycles. The van der Waals surface area contributed by atoms with Crippen LogP contribution in [0.4, 0.5) is 5.69 Å². The number of carboxylic acids is 1. The summed E-state index contributed by atoms with van der Waals surface area (Å²) in [7, 11) is 0. The number of carboxylic acid groups (broad SMARTS) is 1. The molecule has 7 heteroatoms. The lowest BCUT2D eigenvalue weighted by molar-refractivity contribution is -0.431. The minimum atomic E-state index is -1.20. The number of anilines is 1. The standard InChI is InChI=1S/C11H13BrN2O3S/c12-7-3-1-2-4-9(7)14-10(15)6-18-5-8(13)11(16)17/h1-4,8H,5-6,13H2,(H,14,15)(H,16,17)/t8-/m0/s1. The summed E-state index contributed by atoms with van der Waals surface area (Å²) in [5, 5.41) is 13.1. The number of hydrogen-bond acceptors (Lipinski definition) is 4. The van der Waals surface area contributed by atoms with Gasteiger partial charge in [0.2, 0.25) is 5.91 Å². The van der Waals surface area contributed by atoms with Gasteiger partial charge in [-0.15, -0.1) is 11.8 Å². The first-order chi connectivity index (χ1) is 8.50. The van der Waals surface area contributed by atoms with Crippen LogP contribution in [-0.2, 0) is 9.59 Å². The quantitative estimate of drug-likeness (QED) is 0.732. The van der Waals surface area contributed by atoms with Crippen molar-refractivity contribution < 1.29 is 20.4 Å². The summed E-state index contributed by atoms with van der Waals surface area (Å²) in [6.07, 6.45) is 0. The van der Waals surface area contributed by atoms with Gasteiger partial charge in [0.1, 0.15) is 6.04 Å². The first-order valence-corrected chi connectivity index (χ1v) is 7.11. The second-order valence-electron chi connectivity index (χ2n) is 3.56. The van der Waals surface area contributed by atoms with Crippen LogP contribution in [-0.4, -0.2) is 29.4 Å². The van der Waals surface area contributed by atoms with Gasteiger partial charge in [-0.25, -0.2) is 0 Å². The number of quaternary nitrogens is 1. The maximum absolute atomic E-state index is 11.6. The molecular formula is C11H13BrN2O3S. The van der Waals surface area contributed by atoms with E-state index in [1.807, 2.05) is 18.2 Å². The highest BCUT2D eigenvalue weighted by molar-refractivity contribution is 9.10. The number of carbonyl (C=O) groups is 2. The number of nitrogens with one attached hydrogen (secondary N) is 1. The van der Waals surface area contributed by atoms with Crippen molar-refractivity contribution in [3.8, 4) is 0 Å². The molecule has 0 aliphatic rings. The van der Waals surface area contributed by atoms with Crippen LogP contribution < -0.4 is 16.2 Å². The molecule has 0 fully saturated rings. The van der Waals surface area contributed by atoms with E-state index < -0.39 is 12.0 Å². The van der Waals surface area contributed by atoms with Gasteiger partial charge in [-0.1, -0.05) is 12.1 Å². The highest BCUT2D eigenvalue weighted by Gasteiger charge is 2.10. The second kappa shape index (κ2) is 7.40. The van der Waals surface area contributed by atoms with Gasteiger partial charge in [-0.3, -0.25) is 4.79 Å². The van der Waals surface area contributed by atoms with E-state index in [0.29, 0.717) is 5.69 Å². The molecule has 98 valence electrons. The van der Waals surface area contributed by atoms with Crippen molar-refractivity contribution in [2.45, 2.75) is 6.04 Å². The molecule has 1 atom stereocenters. The Morgan fingerprint density at radius 3 is 2.72 bits per heavy atom. The van der Waals surface area contributed by atoms with E-state index >= 15 is 0 Å². The van der Waals surface area contributed by atoms with E-state index in [1.54, 1.807) is 6.07 Å². The van der Waals surface area contributed by atoms with Gasteiger partial charge in [0.25, 0.3) is 0 Å². The van der Waals surface area contributed by atoms with Crippen molar-refractivity contribution >= 4 is 45.3 Å². The van der Waals surface area contributed by atoms with Gasteiger partial charge in [0, 0.05) is 4.47 Å². The number of amides is 1. The third kappa shape index (κ3) is 5.07. The number of thioether (sulfide) groups is 1. The van der Waals surface area contributed by atoms with Crippen LogP contribution in [0.5, 0.6) is 0 Å². The lowest BCUT2D eigenvalue weighted by Gasteiger charge is -2.09. The molecule has 0 aliphatic carbocycles. The van der Waals surface area contributed by atoms with Crippen molar-refractivity contribution in [1.82, 2.24) is 0 Å². The fraction of sp³-hybridized carbons (Fsp3) is 0.273. The van der Waals surface area contributed by atoms with E-state index in [0.717, 1.165) is 4.47 Å². The predicted molar refractivity (Wildman–Crippen MR) is 71.8 cm³/mol. The molecule has 0 saturated heterocycles. The summed E-state index contributed by atoms with van der Waals surface area (Å²) in [5.41, 5.74) is 4.10. The molecule has 1 amide bonds. The third-order valence-corrected chi connectivity index (χ3v) is 3.83. The molecule has 0 saturated carbocycles. The Bertz CT molecular complexity index is 442. The minimum absolute atomic E-state index is 0.181. The zero-order valence-corrected chi connectivity index (χ0v) is 11.9. The van der Waals surface area contributed by atoms with Gasteiger partial charge in [-0.2, -0.15) is 0 Å². The maximum Gasteiger partial charge on any atom is 0.234 e. The predicted octanol–water partition coefficient (Wildman–Crippen LogP) is -0.519. The summed E-state index contributed by atoms with van der Waals surface area (Å²) >= 11 is 4.53. The van der Waals surface area contributed by atoms with Crippen molar-refractivity contribution in [3.63, 3.8) is 0 Å². The van der Waals surface area contributed by atoms with Crippen molar-refractivity contribution in [2.24, 2.45) is 0 Å². The number of halogens is 1. The molecule has 0 heterocycles. The van der Waals surface area contributed by atoms with E-state index in [9.17, 15) is 14.7 Å². The highest BCUT2D eigenvalue weighted by atomic mass is 79.9. The average Bonchev–Trinajstić information content (AvgIpc) is 2.32. The molecule has 5 nitrogen and oxygen atoms in total. The number of benzene rings is 1. The first-order valence-electron chi connectivity index (χ1n) is 5.16. The van der Waals surface area contributed by atoms with E-state index in [-0.39, 0.29) is 17.4 Å². The fourth-order valence-corrected chi connectivity index (χ4v) is 2.29. The molecule has 0 spiro atoms. The molecule has 0 bridgehead atoms. The second-order valence-corrected chi connectivity index (χ2v) is 5.44. The van der Waals surface area contributed by atoms with Crippen LogP contribution in [0.3, 0.4) is 0 Å². The maximum atomic E-state index is 11.6. The smallest absolute Gasteiger partial charge is 0.234 e. The van der Waals surface area contributed by atoms with Crippen LogP contribution in [0.1, 0.15) is 0 Å². The summed E-state index contributed by atoms with van der Waals surface area (Å²) in [5.74, 6) is -0.946. The zero-order chi connectivity index (χ0) is 13.5. The Labute approximate surface area is 117 Å². The molecule has 4 N–H and O–H groups in total. The van der Waals surface area contributed by atoms with Gasteiger partial charge in [0.05, 0.1) is 23.2 Å². The minimum Gasteiger partial charge on any atom is -0.544 e. The largest absolute Gasteiger partial charge is 0.544 e. The zero-order valence-electron chi connectivity index (χ0n) is 9.52. The molecule has 1 aromatic rings.